The first-order valence-corrected chi connectivity index (χ1v) is 6.46. The van der Waals surface area contributed by atoms with Crippen molar-refractivity contribution in [3.05, 3.63) is 29.7 Å². The van der Waals surface area contributed by atoms with Crippen molar-refractivity contribution in [2.45, 2.75) is 53.0 Å². The van der Waals surface area contributed by atoms with Crippen molar-refractivity contribution in [2.75, 3.05) is 0 Å². The maximum Gasteiger partial charge on any atom is 0.0553 e. The molecule has 2 aromatic rings. The zero-order chi connectivity index (χ0) is 12.6. The molecule has 0 aliphatic carbocycles. The summed E-state index contributed by atoms with van der Waals surface area (Å²) in [4.78, 5) is 4.62. The first kappa shape index (κ1) is 12.2. The van der Waals surface area contributed by atoms with Gasteiger partial charge >= 0.3 is 0 Å². The van der Waals surface area contributed by atoms with Crippen LogP contribution in [0.4, 0.5) is 0 Å². The van der Waals surface area contributed by atoms with Crippen molar-refractivity contribution in [3.8, 4) is 0 Å². The van der Waals surface area contributed by atoms with Crippen LogP contribution in [0.15, 0.2) is 18.5 Å². The average molecular weight is 230 g/mol. The van der Waals surface area contributed by atoms with Crippen molar-refractivity contribution >= 4 is 10.9 Å². The van der Waals surface area contributed by atoms with E-state index in [1.807, 2.05) is 6.20 Å². The molecule has 0 N–H and O–H groups in total. The Morgan fingerprint density at radius 2 is 1.94 bits per heavy atom. The van der Waals surface area contributed by atoms with Crippen LogP contribution >= 0.6 is 0 Å². The summed E-state index contributed by atoms with van der Waals surface area (Å²) in [5.74, 6) is 0. The molecule has 0 aliphatic rings. The van der Waals surface area contributed by atoms with Crippen LogP contribution in [0.2, 0.25) is 0 Å². The van der Waals surface area contributed by atoms with E-state index in [1.54, 1.807) is 0 Å². The van der Waals surface area contributed by atoms with Gasteiger partial charge in [-0.3, -0.25) is 4.98 Å². The third-order valence-corrected chi connectivity index (χ3v) is 3.30. The molecule has 0 atom stereocenters. The lowest BCUT2D eigenvalue weighted by atomic mass is 9.88. The molecule has 0 amide bonds. The molecule has 92 valence electrons. The van der Waals surface area contributed by atoms with Gasteiger partial charge in [-0.25, -0.2) is 0 Å². The molecule has 0 aliphatic heterocycles. The normalized spacial score (nSPS) is 12.3. The first-order chi connectivity index (χ1) is 7.99. The lowest BCUT2D eigenvalue weighted by molar-refractivity contribution is 0.575. The number of pyridine rings is 1. The van der Waals surface area contributed by atoms with Gasteiger partial charge in [0.1, 0.15) is 0 Å². The van der Waals surface area contributed by atoms with E-state index in [9.17, 15) is 0 Å². The van der Waals surface area contributed by atoms with Crippen LogP contribution < -0.4 is 0 Å². The fourth-order valence-corrected chi connectivity index (χ4v) is 2.43. The van der Waals surface area contributed by atoms with Crippen molar-refractivity contribution in [3.63, 3.8) is 0 Å². The molecule has 0 spiro atoms. The number of aromatic nitrogens is 2. The van der Waals surface area contributed by atoms with Gasteiger partial charge in [0, 0.05) is 29.7 Å². The number of nitrogens with zero attached hydrogens (tertiary/aromatic N) is 2. The van der Waals surface area contributed by atoms with Gasteiger partial charge in [-0.05, 0) is 25.0 Å². The van der Waals surface area contributed by atoms with Gasteiger partial charge in [-0.1, -0.05) is 27.7 Å². The highest BCUT2D eigenvalue weighted by Gasteiger charge is 2.21. The van der Waals surface area contributed by atoms with Crippen LogP contribution in [-0.2, 0) is 18.4 Å². The Bertz CT molecular complexity index is 530. The highest BCUT2D eigenvalue weighted by Crippen LogP contribution is 2.31. The van der Waals surface area contributed by atoms with Gasteiger partial charge in [-0.2, -0.15) is 0 Å². The maximum absolute atomic E-state index is 4.62. The van der Waals surface area contributed by atoms with Crippen LogP contribution in [0.3, 0.4) is 0 Å². The third kappa shape index (κ3) is 1.97. The molecule has 2 nitrogen and oxygen atoms in total. The van der Waals surface area contributed by atoms with Crippen molar-refractivity contribution in [1.82, 2.24) is 9.55 Å². The molecule has 17 heavy (non-hydrogen) atoms. The molecule has 0 fully saturated rings. The molecule has 2 heterocycles. The molecule has 2 rings (SSSR count). The molecular formula is C15H22N2. The van der Waals surface area contributed by atoms with Gasteiger partial charge in [-0.15, -0.1) is 0 Å². The summed E-state index contributed by atoms with van der Waals surface area (Å²) in [7, 11) is 0. The van der Waals surface area contributed by atoms with Crippen molar-refractivity contribution in [2.24, 2.45) is 0 Å². The van der Waals surface area contributed by atoms with E-state index in [2.05, 4.69) is 56.4 Å². The Balaban J connectivity index is 2.83. The van der Waals surface area contributed by atoms with E-state index in [0.717, 1.165) is 13.0 Å². The summed E-state index contributed by atoms with van der Waals surface area (Å²) in [6.07, 6.45) is 5.29. The molecule has 0 radical (unpaired) electrons. The Labute approximate surface area is 104 Å². The topological polar surface area (TPSA) is 17.8 Å². The molecule has 0 saturated heterocycles. The minimum absolute atomic E-state index is 0.101. The summed E-state index contributed by atoms with van der Waals surface area (Å²) in [6, 6.07) is 2.13. The lowest BCUT2D eigenvalue weighted by Gasteiger charge is -2.19. The van der Waals surface area contributed by atoms with E-state index >= 15 is 0 Å². The molecular weight excluding hydrogens is 208 g/mol. The fourth-order valence-electron chi connectivity index (χ4n) is 2.43. The van der Waals surface area contributed by atoms with Crippen LogP contribution in [0, 0.1) is 0 Å². The smallest absolute Gasteiger partial charge is 0.0553 e. The minimum Gasteiger partial charge on any atom is -0.347 e. The van der Waals surface area contributed by atoms with Crippen molar-refractivity contribution in [1.29, 1.82) is 0 Å². The van der Waals surface area contributed by atoms with Gasteiger partial charge in [0.25, 0.3) is 0 Å². The van der Waals surface area contributed by atoms with Gasteiger partial charge in [0.15, 0.2) is 0 Å². The molecule has 0 saturated carbocycles. The number of hydrogen-bond acceptors (Lipinski definition) is 1. The van der Waals surface area contributed by atoms with E-state index in [-0.39, 0.29) is 5.41 Å². The molecule has 2 heteroatoms. The molecule has 0 aromatic carbocycles. The summed E-state index contributed by atoms with van der Waals surface area (Å²) in [5.41, 5.74) is 4.06. The Morgan fingerprint density at radius 3 is 2.47 bits per heavy atom. The highest BCUT2D eigenvalue weighted by atomic mass is 15.0. The summed E-state index contributed by atoms with van der Waals surface area (Å²) >= 11 is 0. The zero-order valence-corrected chi connectivity index (χ0v) is 11.5. The van der Waals surface area contributed by atoms with E-state index in [0.29, 0.717) is 0 Å². The van der Waals surface area contributed by atoms with Crippen LogP contribution in [0.5, 0.6) is 0 Å². The number of aryl methyl sites for hydroxylation is 2. The molecule has 2 aromatic heterocycles. The van der Waals surface area contributed by atoms with Crippen LogP contribution in [-0.4, -0.2) is 9.55 Å². The SMILES string of the molecule is CCc1cn(CC)c2ccnc(C(C)(C)C)c12. The average Bonchev–Trinajstić information content (AvgIpc) is 2.65. The Morgan fingerprint density at radius 1 is 1.24 bits per heavy atom. The second-order valence-electron chi connectivity index (χ2n) is 5.60. The van der Waals surface area contributed by atoms with Crippen LogP contribution in [0.1, 0.15) is 45.9 Å². The van der Waals surface area contributed by atoms with Gasteiger partial charge in [0.05, 0.1) is 11.2 Å². The van der Waals surface area contributed by atoms with E-state index in [4.69, 9.17) is 0 Å². The fraction of sp³-hybridized carbons (Fsp3) is 0.533. The molecule has 0 unspecified atom stereocenters. The number of hydrogen-bond donors (Lipinski definition) is 0. The second-order valence-corrected chi connectivity index (χ2v) is 5.60. The maximum atomic E-state index is 4.62. The predicted molar refractivity (Wildman–Crippen MR) is 73.5 cm³/mol. The number of rotatable bonds is 2. The Kier molecular flexibility index (Phi) is 2.98. The predicted octanol–water partition coefficient (Wildman–Crippen LogP) is 3.92. The summed E-state index contributed by atoms with van der Waals surface area (Å²) in [5, 5.41) is 1.37. The second kappa shape index (κ2) is 4.17. The largest absolute Gasteiger partial charge is 0.347 e. The Hall–Kier alpha value is -1.31. The monoisotopic (exact) mass is 230 g/mol. The zero-order valence-electron chi connectivity index (χ0n) is 11.5. The van der Waals surface area contributed by atoms with E-state index in [1.165, 1.54) is 22.2 Å². The van der Waals surface area contributed by atoms with Gasteiger partial charge in [0.2, 0.25) is 0 Å². The van der Waals surface area contributed by atoms with Gasteiger partial charge < -0.3 is 4.57 Å². The molecule has 0 bridgehead atoms. The number of fused-ring (bicyclic) bond motifs is 1. The quantitative estimate of drug-likeness (QED) is 0.764. The highest BCUT2D eigenvalue weighted by molar-refractivity contribution is 5.87. The van der Waals surface area contributed by atoms with Crippen LogP contribution in [0.25, 0.3) is 10.9 Å². The standard InChI is InChI=1S/C15H22N2/c1-6-11-10-17(7-2)12-8-9-16-14(13(11)12)15(3,4)5/h8-10H,6-7H2,1-5H3. The summed E-state index contributed by atoms with van der Waals surface area (Å²) < 4.78 is 2.32. The first-order valence-electron chi connectivity index (χ1n) is 6.46. The lowest BCUT2D eigenvalue weighted by Crippen LogP contribution is -2.14. The van der Waals surface area contributed by atoms with E-state index < -0.39 is 0 Å². The third-order valence-electron chi connectivity index (χ3n) is 3.30. The summed E-state index contributed by atoms with van der Waals surface area (Å²) in [6.45, 7) is 12.1. The minimum atomic E-state index is 0.101. The van der Waals surface area contributed by atoms with Crippen molar-refractivity contribution < 1.29 is 0 Å².